The molecule has 2 rings (SSSR count). The van der Waals surface area contributed by atoms with Gasteiger partial charge in [0.15, 0.2) is 0 Å². The van der Waals surface area contributed by atoms with Crippen LogP contribution in [0.2, 0.25) is 10.0 Å². The van der Waals surface area contributed by atoms with E-state index in [2.05, 4.69) is 10.6 Å². The van der Waals surface area contributed by atoms with Gasteiger partial charge in [-0.3, -0.25) is 0 Å². The van der Waals surface area contributed by atoms with Gasteiger partial charge in [0.1, 0.15) is 0 Å². The van der Waals surface area contributed by atoms with E-state index in [0.717, 1.165) is 11.3 Å². The number of halogens is 2. The lowest BCUT2D eigenvalue weighted by atomic mass is 10.2. The summed E-state index contributed by atoms with van der Waals surface area (Å²) in [5, 5.41) is 7.02. The predicted molar refractivity (Wildman–Crippen MR) is 83.4 cm³/mol. The molecule has 0 saturated heterocycles. The average molecular weight is 310 g/mol. The van der Waals surface area contributed by atoms with Gasteiger partial charge >= 0.3 is 6.03 Å². The Balaban J connectivity index is 2.00. The van der Waals surface area contributed by atoms with Gasteiger partial charge in [-0.15, -0.1) is 0 Å². The van der Waals surface area contributed by atoms with E-state index >= 15 is 0 Å². The van der Waals surface area contributed by atoms with Gasteiger partial charge < -0.3 is 16.4 Å². The molecule has 6 heteroatoms. The van der Waals surface area contributed by atoms with Crippen LogP contribution in [0.15, 0.2) is 42.5 Å². The molecule has 4 N–H and O–H groups in total. The minimum absolute atomic E-state index is 0.558. The average Bonchev–Trinajstić information content (AvgIpc) is 2.41. The molecule has 0 aliphatic heterocycles. The van der Waals surface area contributed by atoms with E-state index in [9.17, 15) is 4.79 Å². The quantitative estimate of drug-likeness (QED) is 0.796. The van der Waals surface area contributed by atoms with Crippen LogP contribution in [0.4, 0.5) is 16.2 Å². The van der Waals surface area contributed by atoms with Crippen molar-refractivity contribution in [1.29, 1.82) is 0 Å². The summed E-state index contributed by atoms with van der Waals surface area (Å²) < 4.78 is 0. The van der Waals surface area contributed by atoms with Crippen molar-refractivity contribution in [1.82, 2.24) is 0 Å². The molecule has 0 unspecified atom stereocenters. The monoisotopic (exact) mass is 309 g/mol. The summed E-state index contributed by atoms with van der Waals surface area (Å²) in [7, 11) is 0. The molecule has 0 aliphatic rings. The molecule has 0 radical (unpaired) electrons. The third kappa shape index (κ3) is 4.05. The first kappa shape index (κ1) is 14.5. The van der Waals surface area contributed by atoms with E-state index in [-0.39, 0.29) is 0 Å². The SMILES string of the molecule is NC(=O)Nc1ccc(NCc2cc(Cl)ccc2Cl)cc1. The van der Waals surface area contributed by atoms with Crippen LogP contribution in [-0.2, 0) is 6.54 Å². The minimum Gasteiger partial charge on any atom is -0.381 e. The number of hydrogen-bond acceptors (Lipinski definition) is 2. The number of rotatable bonds is 4. The molecule has 20 heavy (non-hydrogen) atoms. The number of hydrogen-bond donors (Lipinski definition) is 3. The van der Waals surface area contributed by atoms with E-state index in [1.165, 1.54) is 0 Å². The number of carbonyl (C=O) groups is 1. The Morgan fingerprint density at radius 1 is 1.05 bits per heavy atom. The zero-order valence-electron chi connectivity index (χ0n) is 10.5. The predicted octanol–water partition coefficient (Wildman–Crippen LogP) is 4.10. The molecule has 0 heterocycles. The van der Waals surface area contributed by atoms with E-state index in [1.54, 1.807) is 24.3 Å². The summed E-state index contributed by atoms with van der Waals surface area (Å²) in [5.74, 6) is 0. The van der Waals surface area contributed by atoms with Gasteiger partial charge in [-0.25, -0.2) is 4.79 Å². The van der Waals surface area contributed by atoms with Gasteiger partial charge in [0, 0.05) is 28.0 Å². The lowest BCUT2D eigenvalue weighted by Gasteiger charge is -2.09. The molecule has 4 nitrogen and oxygen atoms in total. The Kier molecular flexibility index (Phi) is 4.71. The highest BCUT2D eigenvalue weighted by Gasteiger charge is 2.02. The Labute approximate surface area is 126 Å². The van der Waals surface area contributed by atoms with E-state index < -0.39 is 6.03 Å². The maximum atomic E-state index is 10.7. The molecule has 0 bridgehead atoms. The van der Waals surface area contributed by atoms with Gasteiger partial charge in [-0.1, -0.05) is 23.2 Å². The molecule has 2 aromatic rings. The first-order valence-corrected chi connectivity index (χ1v) is 6.64. The summed E-state index contributed by atoms with van der Waals surface area (Å²) in [6, 6.07) is 11.9. The zero-order chi connectivity index (χ0) is 14.5. The second kappa shape index (κ2) is 6.50. The summed E-state index contributed by atoms with van der Waals surface area (Å²) >= 11 is 12.0. The first-order valence-electron chi connectivity index (χ1n) is 5.89. The molecule has 0 fully saturated rings. The molecule has 0 aliphatic carbocycles. The van der Waals surface area contributed by atoms with Crippen molar-refractivity contribution in [2.45, 2.75) is 6.54 Å². The molecule has 0 atom stereocenters. The highest BCUT2D eigenvalue weighted by atomic mass is 35.5. The highest BCUT2D eigenvalue weighted by Crippen LogP contribution is 2.22. The van der Waals surface area contributed by atoms with Crippen LogP contribution in [0.3, 0.4) is 0 Å². The van der Waals surface area contributed by atoms with Crippen molar-refractivity contribution in [3.05, 3.63) is 58.1 Å². The molecular formula is C14H13Cl2N3O. The third-order valence-corrected chi connectivity index (χ3v) is 3.25. The van der Waals surface area contributed by atoms with Crippen molar-refractivity contribution in [2.75, 3.05) is 10.6 Å². The van der Waals surface area contributed by atoms with Crippen LogP contribution in [-0.4, -0.2) is 6.03 Å². The normalized spacial score (nSPS) is 10.1. The first-order chi connectivity index (χ1) is 9.54. The second-order valence-corrected chi connectivity index (χ2v) is 5.00. The van der Waals surface area contributed by atoms with Gasteiger partial charge in [0.05, 0.1) is 0 Å². The smallest absolute Gasteiger partial charge is 0.316 e. The van der Waals surface area contributed by atoms with E-state index in [1.807, 2.05) is 18.2 Å². The number of nitrogens with two attached hydrogens (primary N) is 1. The Bertz CT molecular complexity index is 614. The van der Waals surface area contributed by atoms with Gasteiger partial charge in [0.2, 0.25) is 0 Å². The number of primary amides is 1. The number of nitrogens with one attached hydrogen (secondary N) is 2. The summed E-state index contributed by atoms with van der Waals surface area (Å²) in [6.07, 6.45) is 0. The van der Waals surface area contributed by atoms with Crippen molar-refractivity contribution in [2.24, 2.45) is 5.73 Å². The van der Waals surface area contributed by atoms with E-state index in [0.29, 0.717) is 22.3 Å². The number of urea groups is 1. The van der Waals surface area contributed by atoms with Crippen molar-refractivity contribution in [3.8, 4) is 0 Å². The Morgan fingerprint density at radius 3 is 2.35 bits per heavy atom. The highest BCUT2D eigenvalue weighted by molar-refractivity contribution is 6.33. The fourth-order valence-electron chi connectivity index (χ4n) is 1.69. The molecular weight excluding hydrogens is 297 g/mol. The van der Waals surface area contributed by atoms with Gasteiger partial charge in [0.25, 0.3) is 0 Å². The second-order valence-electron chi connectivity index (χ2n) is 4.16. The molecule has 2 aromatic carbocycles. The third-order valence-electron chi connectivity index (χ3n) is 2.64. The van der Waals surface area contributed by atoms with Crippen LogP contribution in [0, 0.1) is 0 Å². The van der Waals surface area contributed by atoms with Crippen molar-refractivity contribution < 1.29 is 4.79 Å². The Morgan fingerprint density at radius 2 is 1.70 bits per heavy atom. The van der Waals surface area contributed by atoms with Crippen LogP contribution < -0.4 is 16.4 Å². The van der Waals surface area contributed by atoms with Crippen molar-refractivity contribution in [3.63, 3.8) is 0 Å². The van der Waals surface area contributed by atoms with Gasteiger partial charge in [-0.2, -0.15) is 0 Å². The lowest BCUT2D eigenvalue weighted by molar-refractivity contribution is 0.259. The zero-order valence-corrected chi connectivity index (χ0v) is 12.0. The number of anilines is 2. The molecule has 104 valence electrons. The molecule has 2 amide bonds. The number of benzene rings is 2. The number of carbonyl (C=O) groups excluding carboxylic acids is 1. The van der Waals surface area contributed by atoms with Crippen LogP contribution >= 0.6 is 23.2 Å². The molecule has 0 aromatic heterocycles. The maximum absolute atomic E-state index is 10.7. The largest absolute Gasteiger partial charge is 0.381 e. The number of amides is 2. The minimum atomic E-state index is -0.587. The fourth-order valence-corrected chi connectivity index (χ4v) is 2.07. The standard InChI is InChI=1S/C14H13Cl2N3O/c15-10-1-6-13(16)9(7-10)8-18-11-2-4-12(5-3-11)19-14(17)20/h1-7,18H,8H2,(H3,17,19,20). The topological polar surface area (TPSA) is 67.2 Å². The van der Waals surface area contributed by atoms with Crippen LogP contribution in [0.5, 0.6) is 0 Å². The summed E-state index contributed by atoms with van der Waals surface area (Å²) in [5.41, 5.74) is 7.49. The molecule has 0 saturated carbocycles. The van der Waals surface area contributed by atoms with E-state index in [4.69, 9.17) is 28.9 Å². The van der Waals surface area contributed by atoms with Crippen molar-refractivity contribution >= 4 is 40.6 Å². The summed E-state index contributed by atoms with van der Waals surface area (Å²) in [6.45, 7) is 0.558. The Hall–Kier alpha value is -1.91. The summed E-state index contributed by atoms with van der Waals surface area (Å²) in [4.78, 5) is 10.7. The fraction of sp³-hybridized carbons (Fsp3) is 0.0714. The lowest BCUT2D eigenvalue weighted by Crippen LogP contribution is -2.19. The molecule has 0 spiro atoms. The van der Waals surface area contributed by atoms with Crippen LogP contribution in [0.25, 0.3) is 0 Å². The van der Waals surface area contributed by atoms with Gasteiger partial charge in [-0.05, 0) is 48.0 Å². The van der Waals surface area contributed by atoms with Crippen LogP contribution in [0.1, 0.15) is 5.56 Å². The maximum Gasteiger partial charge on any atom is 0.316 e.